The van der Waals surface area contributed by atoms with Crippen molar-refractivity contribution in [1.82, 2.24) is 14.5 Å². The second-order valence-electron chi connectivity index (χ2n) is 3.32. The van der Waals surface area contributed by atoms with Gasteiger partial charge in [0.05, 0.1) is 11.0 Å². The Morgan fingerprint density at radius 1 is 1.20 bits per heavy atom. The molecular formula is C11H8ClN3. The Kier molecular flexibility index (Phi) is 1.79. The summed E-state index contributed by atoms with van der Waals surface area (Å²) in [6.45, 7) is 0. The molecule has 0 aliphatic rings. The molecule has 3 rings (SSSR count). The average molecular weight is 218 g/mol. The topological polar surface area (TPSA) is 33.6 Å². The molecule has 0 saturated heterocycles. The molecule has 0 fully saturated rings. The van der Waals surface area contributed by atoms with E-state index in [2.05, 4.69) is 9.97 Å². The van der Waals surface area contributed by atoms with Crippen molar-refractivity contribution in [1.29, 1.82) is 0 Å². The van der Waals surface area contributed by atoms with E-state index in [1.165, 1.54) is 0 Å². The van der Waals surface area contributed by atoms with Gasteiger partial charge in [-0.3, -0.25) is 0 Å². The molecule has 0 amide bonds. The lowest BCUT2D eigenvalue weighted by molar-refractivity contribution is 1.08. The van der Waals surface area contributed by atoms with Crippen molar-refractivity contribution < 1.29 is 0 Å². The summed E-state index contributed by atoms with van der Waals surface area (Å²) in [4.78, 5) is 7.14. The van der Waals surface area contributed by atoms with E-state index >= 15 is 0 Å². The van der Waals surface area contributed by atoms with Gasteiger partial charge in [0.2, 0.25) is 5.28 Å². The van der Waals surface area contributed by atoms with Gasteiger partial charge in [-0.25, -0.2) is 4.98 Å². The molecule has 74 valence electrons. The maximum absolute atomic E-state index is 5.79. The second kappa shape index (κ2) is 3.14. The predicted molar refractivity (Wildman–Crippen MR) is 60.4 cm³/mol. The van der Waals surface area contributed by atoms with Crippen LogP contribution in [0.1, 0.15) is 0 Å². The van der Waals surface area contributed by atoms with Gasteiger partial charge in [0.25, 0.3) is 0 Å². The van der Waals surface area contributed by atoms with Gasteiger partial charge in [-0.2, -0.15) is 0 Å². The summed E-state index contributed by atoms with van der Waals surface area (Å²) < 4.78 is 2.04. The molecule has 0 aliphatic heterocycles. The summed E-state index contributed by atoms with van der Waals surface area (Å²) in [6, 6.07) is 9.97. The van der Waals surface area contributed by atoms with Crippen LogP contribution in [0.5, 0.6) is 0 Å². The quantitative estimate of drug-likeness (QED) is 0.668. The van der Waals surface area contributed by atoms with Crippen LogP contribution >= 0.6 is 11.6 Å². The SMILES string of the molecule is Clc1nc2ccc(-n3cccc3)cc2[nH]1. The van der Waals surface area contributed by atoms with Crippen molar-refractivity contribution in [3.63, 3.8) is 0 Å². The molecule has 1 N–H and O–H groups in total. The third-order valence-electron chi connectivity index (χ3n) is 2.34. The minimum Gasteiger partial charge on any atom is -0.329 e. The summed E-state index contributed by atoms with van der Waals surface area (Å²) >= 11 is 5.79. The highest BCUT2D eigenvalue weighted by Crippen LogP contribution is 2.18. The lowest BCUT2D eigenvalue weighted by atomic mass is 10.3. The molecule has 0 atom stereocenters. The van der Waals surface area contributed by atoms with Crippen LogP contribution in [0.15, 0.2) is 42.7 Å². The van der Waals surface area contributed by atoms with Gasteiger partial charge in [-0.05, 0) is 41.9 Å². The summed E-state index contributed by atoms with van der Waals surface area (Å²) in [5.41, 5.74) is 2.93. The first-order chi connectivity index (χ1) is 7.33. The molecule has 0 saturated carbocycles. The molecular weight excluding hydrogens is 210 g/mol. The largest absolute Gasteiger partial charge is 0.329 e. The van der Waals surface area contributed by atoms with Crippen molar-refractivity contribution in [2.45, 2.75) is 0 Å². The fourth-order valence-corrected chi connectivity index (χ4v) is 1.83. The van der Waals surface area contributed by atoms with E-state index in [9.17, 15) is 0 Å². The number of hydrogen-bond donors (Lipinski definition) is 1. The van der Waals surface area contributed by atoms with Gasteiger partial charge >= 0.3 is 0 Å². The van der Waals surface area contributed by atoms with Crippen LogP contribution in [0, 0.1) is 0 Å². The molecule has 3 aromatic rings. The molecule has 2 aromatic heterocycles. The second-order valence-corrected chi connectivity index (χ2v) is 3.68. The average Bonchev–Trinajstić information content (AvgIpc) is 2.82. The van der Waals surface area contributed by atoms with Crippen molar-refractivity contribution >= 4 is 22.6 Å². The minimum absolute atomic E-state index is 0.426. The zero-order valence-electron chi connectivity index (χ0n) is 7.81. The number of benzene rings is 1. The van der Waals surface area contributed by atoms with Crippen LogP contribution in [0.2, 0.25) is 5.28 Å². The van der Waals surface area contributed by atoms with Crippen LogP contribution in [0.4, 0.5) is 0 Å². The van der Waals surface area contributed by atoms with Crippen molar-refractivity contribution in [3.05, 3.63) is 48.0 Å². The van der Waals surface area contributed by atoms with Crippen LogP contribution in [-0.4, -0.2) is 14.5 Å². The zero-order chi connectivity index (χ0) is 10.3. The van der Waals surface area contributed by atoms with Crippen LogP contribution in [0.25, 0.3) is 16.7 Å². The van der Waals surface area contributed by atoms with Gasteiger partial charge < -0.3 is 9.55 Å². The molecule has 2 heterocycles. The van der Waals surface area contributed by atoms with Crippen LogP contribution < -0.4 is 0 Å². The maximum Gasteiger partial charge on any atom is 0.201 e. The lowest BCUT2D eigenvalue weighted by Gasteiger charge is -2.01. The number of imidazole rings is 1. The van der Waals surface area contributed by atoms with Crippen LogP contribution in [0.3, 0.4) is 0 Å². The fourth-order valence-electron chi connectivity index (χ4n) is 1.63. The molecule has 1 aromatic carbocycles. The smallest absolute Gasteiger partial charge is 0.201 e. The Labute approximate surface area is 91.3 Å². The van der Waals surface area contributed by atoms with E-state index < -0.39 is 0 Å². The summed E-state index contributed by atoms with van der Waals surface area (Å²) in [6.07, 6.45) is 4.00. The third-order valence-corrected chi connectivity index (χ3v) is 2.52. The van der Waals surface area contributed by atoms with E-state index in [-0.39, 0.29) is 0 Å². The summed E-state index contributed by atoms with van der Waals surface area (Å²) in [7, 11) is 0. The molecule has 0 bridgehead atoms. The van der Waals surface area contributed by atoms with E-state index in [0.717, 1.165) is 16.7 Å². The van der Waals surface area contributed by atoms with Gasteiger partial charge in [-0.1, -0.05) is 0 Å². The first kappa shape index (κ1) is 8.56. The third kappa shape index (κ3) is 1.41. The van der Waals surface area contributed by atoms with Gasteiger partial charge in [-0.15, -0.1) is 0 Å². The number of rotatable bonds is 1. The summed E-state index contributed by atoms with van der Waals surface area (Å²) in [5.74, 6) is 0. The molecule has 4 heteroatoms. The van der Waals surface area contributed by atoms with Gasteiger partial charge in [0.15, 0.2) is 0 Å². The van der Waals surface area contributed by atoms with Crippen molar-refractivity contribution in [2.75, 3.05) is 0 Å². The van der Waals surface area contributed by atoms with E-state index in [1.54, 1.807) is 0 Å². The molecule has 3 nitrogen and oxygen atoms in total. The zero-order valence-corrected chi connectivity index (χ0v) is 8.57. The monoisotopic (exact) mass is 217 g/mol. The highest BCUT2D eigenvalue weighted by atomic mass is 35.5. The van der Waals surface area contributed by atoms with Crippen molar-refractivity contribution in [2.24, 2.45) is 0 Å². The Balaban J connectivity index is 2.21. The minimum atomic E-state index is 0.426. The molecule has 15 heavy (non-hydrogen) atoms. The number of aromatic amines is 1. The van der Waals surface area contributed by atoms with Gasteiger partial charge in [0.1, 0.15) is 0 Å². The molecule has 0 radical (unpaired) electrons. The Hall–Kier alpha value is -1.74. The number of halogens is 1. The van der Waals surface area contributed by atoms with E-state index in [1.807, 2.05) is 47.3 Å². The number of H-pyrrole nitrogens is 1. The summed E-state index contributed by atoms with van der Waals surface area (Å²) in [5, 5.41) is 0.426. The fraction of sp³-hybridized carbons (Fsp3) is 0. The highest BCUT2D eigenvalue weighted by molar-refractivity contribution is 6.29. The van der Waals surface area contributed by atoms with Gasteiger partial charge in [0, 0.05) is 18.1 Å². The van der Waals surface area contributed by atoms with E-state index in [4.69, 9.17) is 11.6 Å². The molecule has 0 aliphatic carbocycles. The van der Waals surface area contributed by atoms with Crippen molar-refractivity contribution in [3.8, 4) is 5.69 Å². The highest BCUT2D eigenvalue weighted by Gasteiger charge is 2.02. The standard InChI is InChI=1S/C11H8ClN3/c12-11-13-9-4-3-8(7-10(9)14-11)15-5-1-2-6-15/h1-7H,(H,13,14). The molecule has 0 spiro atoms. The normalized spacial score (nSPS) is 11.0. The lowest BCUT2D eigenvalue weighted by Crippen LogP contribution is -1.88. The Bertz CT molecular complexity index is 595. The van der Waals surface area contributed by atoms with E-state index in [0.29, 0.717) is 5.28 Å². The first-order valence-corrected chi connectivity index (χ1v) is 4.99. The number of nitrogens with one attached hydrogen (secondary N) is 1. The number of aromatic nitrogens is 3. The number of nitrogens with zero attached hydrogens (tertiary/aromatic N) is 2. The predicted octanol–water partition coefficient (Wildman–Crippen LogP) is 3.01. The van der Waals surface area contributed by atoms with Crippen LogP contribution in [-0.2, 0) is 0 Å². The number of fused-ring (bicyclic) bond motifs is 1. The first-order valence-electron chi connectivity index (χ1n) is 4.61. The Morgan fingerprint density at radius 3 is 2.80 bits per heavy atom. The Morgan fingerprint density at radius 2 is 2.00 bits per heavy atom. The number of hydrogen-bond acceptors (Lipinski definition) is 1. The molecule has 0 unspecified atom stereocenters. The maximum atomic E-state index is 5.79.